The van der Waals surface area contributed by atoms with Gasteiger partial charge >= 0.3 is 0 Å². The second-order valence-electron chi connectivity index (χ2n) is 11.8. The number of fused-ring (bicyclic) bond motifs is 1. The van der Waals surface area contributed by atoms with Gasteiger partial charge < -0.3 is 4.98 Å². The Hall–Kier alpha value is -3.65. The highest BCUT2D eigenvalue weighted by atomic mass is 19.1. The molecular formula is C34H34FN. The molecule has 1 aromatic heterocycles. The first kappa shape index (κ1) is 24.1. The average Bonchev–Trinajstić information content (AvgIpc) is 3.23. The van der Waals surface area contributed by atoms with E-state index in [1.807, 2.05) is 12.1 Å². The summed E-state index contributed by atoms with van der Waals surface area (Å²) in [5.74, 6) is -0.231. The molecule has 0 bridgehead atoms. The van der Waals surface area contributed by atoms with Crippen molar-refractivity contribution in [3.63, 3.8) is 0 Å². The summed E-state index contributed by atoms with van der Waals surface area (Å²) in [6.07, 6.45) is 0. The van der Waals surface area contributed by atoms with Crippen LogP contribution in [0.25, 0.3) is 44.4 Å². The molecule has 0 saturated heterocycles. The van der Waals surface area contributed by atoms with E-state index in [9.17, 15) is 4.39 Å². The Morgan fingerprint density at radius 1 is 0.556 bits per heavy atom. The molecule has 1 N–H and O–H groups in total. The number of aromatic nitrogens is 1. The zero-order valence-electron chi connectivity index (χ0n) is 22.0. The number of rotatable bonds is 3. The zero-order chi connectivity index (χ0) is 25.7. The number of hydrogen-bond acceptors (Lipinski definition) is 0. The molecule has 0 fully saturated rings. The number of aromatic amines is 1. The van der Waals surface area contributed by atoms with Crippen molar-refractivity contribution in [3.05, 3.63) is 108 Å². The molecule has 0 radical (unpaired) electrons. The van der Waals surface area contributed by atoms with Crippen molar-refractivity contribution in [1.29, 1.82) is 0 Å². The molecule has 1 nitrogen and oxygen atoms in total. The maximum atomic E-state index is 13.8. The van der Waals surface area contributed by atoms with Gasteiger partial charge in [0.05, 0.1) is 5.69 Å². The predicted molar refractivity (Wildman–Crippen MR) is 152 cm³/mol. The molecule has 5 aromatic rings. The van der Waals surface area contributed by atoms with Crippen molar-refractivity contribution in [2.45, 2.75) is 52.4 Å². The second kappa shape index (κ2) is 8.78. The van der Waals surface area contributed by atoms with Gasteiger partial charge in [-0.15, -0.1) is 0 Å². The Morgan fingerprint density at radius 2 is 1.06 bits per heavy atom. The van der Waals surface area contributed by atoms with E-state index in [2.05, 4.69) is 113 Å². The molecule has 0 spiro atoms. The molecule has 0 atom stereocenters. The molecule has 0 aliphatic rings. The average molecular weight is 476 g/mol. The van der Waals surface area contributed by atoms with Crippen LogP contribution in [-0.2, 0) is 10.8 Å². The maximum absolute atomic E-state index is 13.8. The van der Waals surface area contributed by atoms with Gasteiger partial charge in [0.15, 0.2) is 0 Å². The summed E-state index contributed by atoms with van der Waals surface area (Å²) in [6, 6.07) is 31.0. The van der Waals surface area contributed by atoms with Crippen molar-refractivity contribution in [1.82, 2.24) is 4.98 Å². The lowest BCUT2D eigenvalue weighted by atomic mass is 9.85. The van der Waals surface area contributed by atoms with Crippen LogP contribution in [0.3, 0.4) is 0 Å². The van der Waals surface area contributed by atoms with Crippen molar-refractivity contribution >= 4 is 10.9 Å². The topological polar surface area (TPSA) is 15.8 Å². The summed E-state index contributed by atoms with van der Waals surface area (Å²) in [5, 5.41) is 1.18. The van der Waals surface area contributed by atoms with Crippen molar-refractivity contribution in [3.8, 4) is 33.5 Å². The molecule has 0 amide bonds. The van der Waals surface area contributed by atoms with Crippen LogP contribution in [0.5, 0.6) is 0 Å². The first-order valence-electron chi connectivity index (χ1n) is 12.6. The van der Waals surface area contributed by atoms with E-state index < -0.39 is 0 Å². The molecule has 0 aliphatic heterocycles. The Bertz CT molecular complexity index is 1500. The normalized spacial score (nSPS) is 12.3. The third-order valence-electron chi connectivity index (χ3n) is 7.06. The summed E-state index contributed by atoms with van der Waals surface area (Å²) in [4.78, 5) is 3.67. The van der Waals surface area contributed by atoms with Crippen LogP contribution in [-0.4, -0.2) is 4.98 Å². The summed E-state index contributed by atoms with van der Waals surface area (Å²) >= 11 is 0. The van der Waals surface area contributed by atoms with E-state index >= 15 is 0 Å². The van der Waals surface area contributed by atoms with Gasteiger partial charge in [-0.3, -0.25) is 0 Å². The fourth-order valence-electron chi connectivity index (χ4n) is 4.90. The Balaban J connectivity index is 1.77. The van der Waals surface area contributed by atoms with Gasteiger partial charge in [0.2, 0.25) is 0 Å². The molecule has 2 heteroatoms. The van der Waals surface area contributed by atoms with Gasteiger partial charge in [-0.05, 0) is 74.5 Å². The molecule has 0 unspecified atom stereocenters. The van der Waals surface area contributed by atoms with E-state index in [1.165, 1.54) is 39.8 Å². The monoisotopic (exact) mass is 475 g/mol. The molecule has 0 aliphatic carbocycles. The lowest BCUT2D eigenvalue weighted by molar-refractivity contribution is 0.590. The van der Waals surface area contributed by atoms with Crippen molar-refractivity contribution in [2.75, 3.05) is 0 Å². The van der Waals surface area contributed by atoms with E-state index in [0.717, 1.165) is 27.9 Å². The summed E-state index contributed by atoms with van der Waals surface area (Å²) < 4.78 is 13.8. The van der Waals surface area contributed by atoms with Crippen LogP contribution >= 0.6 is 0 Å². The lowest BCUT2D eigenvalue weighted by Gasteiger charge is -2.20. The summed E-state index contributed by atoms with van der Waals surface area (Å²) in [7, 11) is 0. The van der Waals surface area contributed by atoms with Crippen LogP contribution in [0.1, 0.15) is 52.7 Å². The van der Waals surface area contributed by atoms with Gasteiger partial charge in [-0.1, -0.05) is 102 Å². The highest BCUT2D eigenvalue weighted by Gasteiger charge is 2.21. The van der Waals surface area contributed by atoms with Crippen molar-refractivity contribution in [2.24, 2.45) is 0 Å². The molecule has 1 heterocycles. The van der Waals surface area contributed by atoms with Crippen LogP contribution in [0, 0.1) is 5.82 Å². The minimum atomic E-state index is -0.231. The van der Waals surface area contributed by atoms with Crippen LogP contribution in [0.15, 0.2) is 91.0 Å². The van der Waals surface area contributed by atoms with Gasteiger partial charge in [0.25, 0.3) is 0 Å². The highest BCUT2D eigenvalue weighted by molar-refractivity contribution is 6.11. The molecular weight excluding hydrogens is 441 g/mol. The number of halogens is 1. The molecule has 36 heavy (non-hydrogen) atoms. The smallest absolute Gasteiger partial charge is 0.123 e. The number of H-pyrrole nitrogens is 1. The summed E-state index contributed by atoms with van der Waals surface area (Å²) in [6.45, 7) is 13.4. The van der Waals surface area contributed by atoms with E-state index in [0.29, 0.717) is 0 Å². The highest BCUT2D eigenvalue weighted by Crippen LogP contribution is 2.43. The zero-order valence-corrected chi connectivity index (χ0v) is 22.0. The number of benzene rings is 4. The van der Waals surface area contributed by atoms with Gasteiger partial charge in [0, 0.05) is 16.5 Å². The number of hydrogen-bond donors (Lipinski definition) is 1. The molecule has 0 saturated carbocycles. The molecule has 5 rings (SSSR count). The standard InChI is InChI=1S/C34H34FN/c1-33(2,3)25-16-10-22(11-17-25)28-8-7-9-29-31(28)30(23-12-18-26(19-13-23)34(4,5)6)32(36-29)24-14-20-27(35)21-15-24/h7-21,36H,1-6H3. The molecule has 4 aromatic carbocycles. The van der Waals surface area contributed by atoms with E-state index in [1.54, 1.807) is 0 Å². The quantitative estimate of drug-likeness (QED) is 0.267. The second-order valence-corrected chi connectivity index (χ2v) is 11.8. The van der Waals surface area contributed by atoms with Gasteiger partial charge in [0.1, 0.15) is 5.82 Å². The Kier molecular flexibility index (Phi) is 5.87. The predicted octanol–water partition coefficient (Wildman–Crippen LogP) is 9.90. The SMILES string of the molecule is CC(C)(C)c1ccc(-c2cccc3[nH]c(-c4ccc(F)cc4)c(-c4ccc(C(C)(C)C)cc4)c23)cc1. The van der Waals surface area contributed by atoms with E-state index in [4.69, 9.17) is 0 Å². The largest absolute Gasteiger partial charge is 0.354 e. The third kappa shape index (κ3) is 4.48. The van der Waals surface area contributed by atoms with E-state index in [-0.39, 0.29) is 16.6 Å². The lowest BCUT2D eigenvalue weighted by Crippen LogP contribution is -2.10. The Labute approximate surface area is 214 Å². The Morgan fingerprint density at radius 3 is 1.58 bits per heavy atom. The number of nitrogens with one attached hydrogen (secondary N) is 1. The van der Waals surface area contributed by atoms with Crippen molar-refractivity contribution < 1.29 is 4.39 Å². The third-order valence-corrected chi connectivity index (χ3v) is 7.06. The minimum Gasteiger partial charge on any atom is -0.354 e. The maximum Gasteiger partial charge on any atom is 0.123 e. The molecule has 182 valence electrons. The van der Waals surface area contributed by atoms with Crippen LogP contribution in [0.2, 0.25) is 0 Å². The first-order chi connectivity index (χ1) is 17.0. The van der Waals surface area contributed by atoms with Crippen LogP contribution in [0.4, 0.5) is 4.39 Å². The fourth-order valence-corrected chi connectivity index (χ4v) is 4.90. The van der Waals surface area contributed by atoms with Crippen LogP contribution < -0.4 is 0 Å². The first-order valence-corrected chi connectivity index (χ1v) is 12.6. The summed E-state index contributed by atoms with van der Waals surface area (Å²) in [5.41, 5.74) is 10.5. The van der Waals surface area contributed by atoms with Gasteiger partial charge in [-0.25, -0.2) is 4.39 Å². The van der Waals surface area contributed by atoms with Gasteiger partial charge in [-0.2, -0.15) is 0 Å². The minimum absolute atomic E-state index is 0.0818. The fraction of sp³-hybridized carbons (Fsp3) is 0.235.